The van der Waals surface area contributed by atoms with Crippen LogP contribution in [0.1, 0.15) is 27.2 Å². The number of halogens is 1. The summed E-state index contributed by atoms with van der Waals surface area (Å²) < 4.78 is 0. The second-order valence-electron chi connectivity index (χ2n) is 6.12. The van der Waals surface area contributed by atoms with Crippen molar-refractivity contribution < 1.29 is 4.79 Å². The Morgan fingerprint density at radius 3 is 2.54 bits per heavy atom. The summed E-state index contributed by atoms with van der Waals surface area (Å²) in [6, 6.07) is 13.0. The molecule has 0 radical (unpaired) electrons. The fraction of sp³-hybridized carbons (Fsp3) is 0.150. The van der Waals surface area contributed by atoms with Crippen molar-refractivity contribution >= 4 is 34.8 Å². The second kappa shape index (κ2) is 7.54. The van der Waals surface area contributed by atoms with Gasteiger partial charge in [-0.05, 0) is 56.2 Å². The largest absolute Gasteiger partial charge is 0.324 e. The van der Waals surface area contributed by atoms with E-state index in [4.69, 9.17) is 11.6 Å². The average Bonchev–Trinajstić information content (AvgIpc) is 2.61. The number of rotatable bonds is 4. The highest BCUT2D eigenvalue weighted by atomic mass is 35.5. The van der Waals surface area contributed by atoms with Gasteiger partial charge in [-0.3, -0.25) is 4.79 Å². The summed E-state index contributed by atoms with van der Waals surface area (Å²) in [5.74, 6) is 0.0499. The highest BCUT2D eigenvalue weighted by molar-refractivity contribution is 6.31. The minimum Gasteiger partial charge on any atom is -0.324 e. The molecule has 0 unspecified atom stereocenters. The molecule has 0 saturated heterocycles. The van der Waals surface area contributed by atoms with Gasteiger partial charge in [0.25, 0.3) is 5.91 Å². The third kappa shape index (κ3) is 4.18. The quantitative estimate of drug-likeness (QED) is 0.678. The molecule has 3 rings (SSSR count). The SMILES string of the molecule is Cc1ccc(Nc2nccc(C(=O)Nc3cc(Cl)ccc3C)n2)c(C)c1. The van der Waals surface area contributed by atoms with Gasteiger partial charge in [0, 0.05) is 22.6 Å². The van der Waals surface area contributed by atoms with Crippen LogP contribution in [0.2, 0.25) is 5.02 Å². The summed E-state index contributed by atoms with van der Waals surface area (Å²) in [5.41, 5.74) is 5.01. The first kappa shape index (κ1) is 17.9. The Morgan fingerprint density at radius 2 is 1.77 bits per heavy atom. The molecule has 2 aromatic carbocycles. The van der Waals surface area contributed by atoms with E-state index < -0.39 is 0 Å². The number of nitrogens with zero attached hydrogens (tertiary/aromatic N) is 2. The van der Waals surface area contributed by atoms with Gasteiger partial charge in [-0.1, -0.05) is 35.4 Å². The molecule has 0 saturated carbocycles. The van der Waals surface area contributed by atoms with Gasteiger partial charge < -0.3 is 10.6 Å². The highest BCUT2D eigenvalue weighted by Crippen LogP contribution is 2.22. The van der Waals surface area contributed by atoms with Crippen molar-refractivity contribution in [3.05, 3.63) is 76.1 Å². The van der Waals surface area contributed by atoms with E-state index in [0.29, 0.717) is 16.7 Å². The molecular weight excluding hydrogens is 348 g/mol. The van der Waals surface area contributed by atoms with E-state index in [1.54, 1.807) is 24.4 Å². The zero-order valence-electron chi connectivity index (χ0n) is 14.8. The van der Waals surface area contributed by atoms with Crippen LogP contribution >= 0.6 is 11.6 Å². The summed E-state index contributed by atoms with van der Waals surface area (Å²) in [5, 5.41) is 6.55. The standard InChI is InChI=1S/C20H19ClN4O/c1-12-4-7-16(14(3)10-12)24-20-22-9-8-17(25-20)19(26)23-18-11-15(21)6-5-13(18)2/h4-11H,1-3H3,(H,23,26)(H,22,24,25). The molecule has 1 amide bonds. The smallest absolute Gasteiger partial charge is 0.274 e. The Kier molecular flexibility index (Phi) is 5.19. The van der Waals surface area contributed by atoms with Crippen LogP contribution in [-0.4, -0.2) is 15.9 Å². The monoisotopic (exact) mass is 366 g/mol. The minimum atomic E-state index is -0.318. The van der Waals surface area contributed by atoms with E-state index in [2.05, 4.69) is 26.7 Å². The zero-order valence-corrected chi connectivity index (χ0v) is 15.6. The molecule has 3 aromatic rings. The lowest BCUT2D eigenvalue weighted by Gasteiger charge is -2.11. The molecule has 0 fully saturated rings. The Hall–Kier alpha value is -2.92. The lowest BCUT2D eigenvalue weighted by Crippen LogP contribution is -2.15. The van der Waals surface area contributed by atoms with Crippen molar-refractivity contribution in [3.8, 4) is 0 Å². The molecule has 1 aromatic heterocycles. The van der Waals surface area contributed by atoms with Gasteiger partial charge in [0.2, 0.25) is 5.95 Å². The van der Waals surface area contributed by atoms with Gasteiger partial charge in [0.05, 0.1) is 0 Å². The normalized spacial score (nSPS) is 10.5. The van der Waals surface area contributed by atoms with E-state index >= 15 is 0 Å². The molecule has 6 heteroatoms. The van der Waals surface area contributed by atoms with Gasteiger partial charge in [-0.15, -0.1) is 0 Å². The molecule has 2 N–H and O–H groups in total. The molecular formula is C20H19ClN4O. The summed E-state index contributed by atoms with van der Waals surface area (Å²) in [6.45, 7) is 5.95. The van der Waals surface area contributed by atoms with E-state index in [0.717, 1.165) is 16.8 Å². The summed E-state index contributed by atoms with van der Waals surface area (Å²) in [7, 11) is 0. The Balaban J connectivity index is 1.80. The number of aromatic nitrogens is 2. The molecule has 0 aliphatic carbocycles. The van der Waals surface area contributed by atoms with Crippen molar-refractivity contribution in [2.45, 2.75) is 20.8 Å². The van der Waals surface area contributed by atoms with E-state index in [-0.39, 0.29) is 11.6 Å². The maximum atomic E-state index is 12.5. The van der Waals surface area contributed by atoms with Crippen molar-refractivity contribution in [1.29, 1.82) is 0 Å². The first-order chi connectivity index (χ1) is 12.4. The second-order valence-corrected chi connectivity index (χ2v) is 6.56. The number of benzene rings is 2. The molecule has 1 heterocycles. The topological polar surface area (TPSA) is 66.9 Å². The maximum absolute atomic E-state index is 12.5. The van der Waals surface area contributed by atoms with Crippen LogP contribution in [0.25, 0.3) is 0 Å². The van der Waals surface area contributed by atoms with Gasteiger partial charge in [0.1, 0.15) is 5.69 Å². The molecule has 26 heavy (non-hydrogen) atoms. The lowest BCUT2D eigenvalue weighted by atomic mass is 10.1. The van der Waals surface area contributed by atoms with E-state index in [9.17, 15) is 4.79 Å². The van der Waals surface area contributed by atoms with Gasteiger partial charge >= 0.3 is 0 Å². The van der Waals surface area contributed by atoms with Crippen LogP contribution in [-0.2, 0) is 0 Å². The van der Waals surface area contributed by atoms with Crippen molar-refractivity contribution in [2.24, 2.45) is 0 Å². The van der Waals surface area contributed by atoms with Crippen molar-refractivity contribution in [3.63, 3.8) is 0 Å². The van der Waals surface area contributed by atoms with Crippen LogP contribution in [0.15, 0.2) is 48.7 Å². The van der Waals surface area contributed by atoms with Crippen LogP contribution in [0, 0.1) is 20.8 Å². The van der Waals surface area contributed by atoms with Crippen LogP contribution in [0.4, 0.5) is 17.3 Å². The minimum absolute atomic E-state index is 0.270. The number of hydrogen-bond acceptors (Lipinski definition) is 4. The van der Waals surface area contributed by atoms with E-state index in [1.165, 1.54) is 5.56 Å². The number of nitrogens with one attached hydrogen (secondary N) is 2. The molecule has 0 aliphatic heterocycles. The lowest BCUT2D eigenvalue weighted by molar-refractivity contribution is 0.102. The number of carbonyl (C=O) groups excluding carboxylic acids is 1. The highest BCUT2D eigenvalue weighted by Gasteiger charge is 2.11. The number of anilines is 3. The number of amides is 1. The van der Waals surface area contributed by atoms with Crippen LogP contribution < -0.4 is 10.6 Å². The fourth-order valence-electron chi connectivity index (χ4n) is 2.53. The first-order valence-corrected chi connectivity index (χ1v) is 8.55. The van der Waals surface area contributed by atoms with Crippen LogP contribution in [0.3, 0.4) is 0 Å². The Morgan fingerprint density at radius 1 is 0.962 bits per heavy atom. The average molecular weight is 367 g/mol. The maximum Gasteiger partial charge on any atom is 0.274 e. The third-order valence-corrected chi connectivity index (χ3v) is 4.20. The summed E-state index contributed by atoms with van der Waals surface area (Å²) >= 11 is 6.00. The number of aryl methyl sites for hydroxylation is 3. The van der Waals surface area contributed by atoms with Gasteiger partial charge in [0.15, 0.2) is 0 Å². The molecule has 132 valence electrons. The number of carbonyl (C=O) groups is 1. The summed E-state index contributed by atoms with van der Waals surface area (Å²) in [4.78, 5) is 21.0. The molecule has 5 nitrogen and oxygen atoms in total. The molecule has 0 spiro atoms. The number of hydrogen-bond donors (Lipinski definition) is 2. The molecule has 0 atom stereocenters. The van der Waals surface area contributed by atoms with Gasteiger partial charge in [-0.25, -0.2) is 9.97 Å². The predicted molar refractivity (Wildman–Crippen MR) is 105 cm³/mol. The molecule has 0 aliphatic rings. The predicted octanol–water partition coefficient (Wildman–Crippen LogP) is 5.05. The van der Waals surface area contributed by atoms with Crippen molar-refractivity contribution in [1.82, 2.24) is 9.97 Å². The third-order valence-electron chi connectivity index (χ3n) is 3.96. The Labute approximate surface area is 157 Å². The van der Waals surface area contributed by atoms with Crippen molar-refractivity contribution in [2.75, 3.05) is 10.6 Å². The molecule has 0 bridgehead atoms. The zero-order chi connectivity index (χ0) is 18.7. The Bertz CT molecular complexity index is 972. The van der Waals surface area contributed by atoms with E-state index in [1.807, 2.05) is 39.0 Å². The fourth-order valence-corrected chi connectivity index (χ4v) is 2.71. The first-order valence-electron chi connectivity index (χ1n) is 8.17. The summed E-state index contributed by atoms with van der Waals surface area (Å²) in [6.07, 6.45) is 1.55. The van der Waals surface area contributed by atoms with Gasteiger partial charge in [-0.2, -0.15) is 0 Å². The van der Waals surface area contributed by atoms with Crippen LogP contribution in [0.5, 0.6) is 0 Å².